The van der Waals surface area contributed by atoms with Crippen LogP contribution in [0.4, 0.5) is 9.59 Å². The molecule has 1 atom stereocenters. The average molecular weight is 849 g/mol. The predicted molar refractivity (Wildman–Crippen MR) is 212 cm³/mol. The number of primary amides is 1. The Kier molecular flexibility index (Phi) is 24.5. The first-order valence-electron chi connectivity index (χ1n) is 17.1. The quantitative estimate of drug-likeness (QED) is 0.113. The molecule has 0 saturated heterocycles. The number of urea groups is 2. The Labute approximate surface area is 335 Å². The van der Waals surface area contributed by atoms with Crippen LogP contribution in [0.2, 0.25) is 10.0 Å². The molecule has 302 valence electrons. The lowest BCUT2D eigenvalue weighted by Gasteiger charge is -2.33. The number of nitrogens with one attached hydrogen (secondary N) is 3. The van der Waals surface area contributed by atoms with Crippen LogP contribution in [0.25, 0.3) is 0 Å². The van der Waals surface area contributed by atoms with Gasteiger partial charge >= 0.3 is 12.1 Å². The van der Waals surface area contributed by atoms with E-state index in [1.54, 1.807) is 24.3 Å². The highest BCUT2D eigenvalue weighted by molar-refractivity contribution is 7.89. The second-order valence-corrected chi connectivity index (χ2v) is 14.5. The summed E-state index contributed by atoms with van der Waals surface area (Å²) in [5, 5.41) is 6.63. The van der Waals surface area contributed by atoms with Gasteiger partial charge in [-0.1, -0.05) is 35.3 Å². The van der Waals surface area contributed by atoms with Gasteiger partial charge in [-0.3, -0.25) is 0 Å². The number of carbonyl (C=O) groups excluding carboxylic acids is 2. The van der Waals surface area contributed by atoms with Crippen molar-refractivity contribution in [3.8, 4) is 0 Å². The molecule has 0 aromatic heterocycles. The smallest absolute Gasteiger partial charge is 0.314 e. The molecule has 19 heteroatoms. The van der Waals surface area contributed by atoms with Crippen molar-refractivity contribution in [1.82, 2.24) is 25.2 Å². The number of hydrogen-bond acceptors (Lipinski definition) is 9. The average Bonchev–Trinajstić information content (AvgIpc) is 3.09. The summed E-state index contributed by atoms with van der Waals surface area (Å²) in [6.07, 6.45) is 1.33. The van der Waals surface area contributed by atoms with Gasteiger partial charge in [0.1, 0.15) is 0 Å². The molecule has 0 bridgehead atoms. The summed E-state index contributed by atoms with van der Waals surface area (Å²) in [5.74, 6) is -0.0847. The number of ether oxygens (including phenoxy) is 4. The van der Waals surface area contributed by atoms with Gasteiger partial charge in [0, 0.05) is 68.4 Å². The molecule has 53 heavy (non-hydrogen) atoms. The Hall–Kier alpha value is -2.15. The molecule has 4 amide bonds. The van der Waals surface area contributed by atoms with E-state index in [9.17, 15) is 18.0 Å². The first-order valence-corrected chi connectivity index (χ1v) is 19.4. The Morgan fingerprint density at radius 1 is 0.887 bits per heavy atom. The molecule has 1 heterocycles. The number of hydrogen-bond donors (Lipinski definition) is 4. The standard InChI is InChI=1S/C34H52Cl2N6O8S.2ClH/c1-3-47-17-18-48-14-10-39-34(44)38-9-4-5-12-42(33(37)43)13-16-50-20-19-49-15-11-40-51(45,46)28-8-6-7-26(21-28)30-24-41(2)25-31-29(30)22-27(35)23-32(31)36;;/h6-8,21-23,30,40H,3-5,9-20,24-25H2,1-2H3,(H2,37,43)(H2,38,39,44);2*1H/t30-;;/m0../s1. The second-order valence-electron chi connectivity index (χ2n) is 11.9. The van der Waals surface area contributed by atoms with Gasteiger partial charge in [-0.2, -0.15) is 0 Å². The van der Waals surface area contributed by atoms with Gasteiger partial charge in [0.15, 0.2) is 0 Å². The maximum absolute atomic E-state index is 13.1. The summed E-state index contributed by atoms with van der Waals surface area (Å²) in [7, 11) is -1.78. The second kappa shape index (κ2) is 26.6. The number of carbonyl (C=O) groups is 2. The van der Waals surface area contributed by atoms with Crippen molar-refractivity contribution in [3.63, 3.8) is 0 Å². The van der Waals surface area contributed by atoms with Crippen LogP contribution in [0.3, 0.4) is 0 Å². The highest BCUT2D eigenvalue weighted by atomic mass is 35.5. The Balaban J connectivity index is 0.00000702. The molecule has 2 aromatic rings. The maximum atomic E-state index is 13.1. The highest BCUT2D eigenvalue weighted by Crippen LogP contribution is 2.38. The topological polar surface area (TPSA) is 174 Å². The lowest BCUT2D eigenvalue weighted by molar-refractivity contribution is 0.0438. The van der Waals surface area contributed by atoms with Crippen LogP contribution in [-0.2, 0) is 35.5 Å². The summed E-state index contributed by atoms with van der Waals surface area (Å²) in [5.41, 5.74) is 8.35. The third-order valence-corrected chi connectivity index (χ3v) is 10.1. The van der Waals surface area contributed by atoms with Gasteiger partial charge in [0.2, 0.25) is 10.0 Å². The number of fused-ring (bicyclic) bond motifs is 1. The molecule has 5 N–H and O–H groups in total. The lowest BCUT2D eigenvalue weighted by Crippen LogP contribution is -2.40. The number of benzene rings is 2. The summed E-state index contributed by atoms with van der Waals surface area (Å²) in [4.78, 5) is 27.4. The lowest BCUT2D eigenvalue weighted by atomic mass is 9.85. The zero-order valence-corrected chi connectivity index (χ0v) is 34.2. The Morgan fingerprint density at radius 2 is 1.55 bits per heavy atom. The minimum Gasteiger partial charge on any atom is -0.379 e. The zero-order chi connectivity index (χ0) is 37.1. The minimum atomic E-state index is -3.78. The fraction of sp³-hybridized carbons (Fsp3) is 0.588. The van der Waals surface area contributed by atoms with Gasteiger partial charge in [0.25, 0.3) is 0 Å². The molecule has 0 fully saturated rings. The molecule has 0 aliphatic carbocycles. The number of likely N-dealkylation sites (N-methyl/N-ethyl adjacent to an activating group) is 1. The van der Waals surface area contributed by atoms with Gasteiger partial charge in [-0.05, 0) is 67.8 Å². The molecule has 0 saturated carbocycles. The highest BCUT2D eigenvalue weighted by Gasteiger charge is 2.28. The molecule has 0 radical (unpaired) electrons. The Morgan fingerprint density at radius 3 is 2.25 bits per heavy atom. The molecule has 1 aliphatic rings. The van der Waals surface area contributed by atoms with Crippen molar-refractivity contribution in [3.05, 3.63) is 63.1 Å². The zero-order valence-electron chi connectivity index (χ0n) is 30.3. The van der Waals surface area contributed by atoms with Crippen LogP contribution in [0.15, 0.2) is 41.3 Å². The van der Waals surface area contributed by atoms with E-state index >= 15 is 0 Å². The van der Waals surface area contributed by atoms with Crippen molar-refractivity contribution in [2.75, 3.05) is 99.2 Å². The fourth-order valence-electron chi connectivity index (χ4n) is 5.48. The van der Waals surface area contributed by atoms with E-state index in [0.29, 0.717) is 88.6 Å². The van der Waals surface area contributed by atoms with Gasteiger partial charge < -0.3 is 45.1 Å². The van der Waals surface area contributed by atoms with Gasteiger partial charge in [-0.25, -0.2) is 22.7 Å². The third kappa shape index (κ3) is 17.9. The third-order valence-electron chi connectivity index (χ3n) is 8.04. The SMILES string of the molecule is CCOCCOCCNC(=O)NCCCCN(CCOCCOCCNS(=O)(=O)c1cccc([C@@H]2CN(C)Cc3c(Cl)cc(Cl)cc32)c1)C(N)=O.Cl.Cl. The van der Waals surface area contributed by atoms with Crippen molar-refractivity contribution in [1.29, 1.82) is 0 Å². The number of unbranched alkanes of at least 4 members (excludes halogenated alkanes) is 1. The minimum absolute atomic E-state index is 0. The van der Waals surface area contributed by atoms with Crippen molar-refractivity contribution < 1.29 is 37.0 Å². The maximum Gasteiger partial charge on any atom is 0.314 e. The van der Waals surface area contributed by atoms with Crippen LogP contribution < -0.4 is 21.1 Å². The van der Waals surface area contributed by atoms with Crippen molar-refractivity contribution >= 4 is 70.1 Å². The van der Waals surface area contributed by atoms with Crippen LogP contribution in [-0.4, -0.2) is 129 Å². The van der Waals surface area contributed by atoms with E-state index in [-0.39, 0.29) is 74.6 Å². The predicted octanol–water partition coefficient (Wildman–Crippen LogP) is 4.24. The van der Waals surface area contributed by atoms with Crippen LogP contribution in [0, 0.1) is 0 Å². The number of rotatable bonds is 24. The van der Waals surface area contributed by atoms with Crippen molar-refractivity contribution in [2.45, 2.75) is 37.1 Å². The molecule has 1 aliphatic heterocycles. The van der Waals surface area contributed by atoms with E-state index in [0.717, 1.165) is 16.7 Å². The largest absolute Gasteiger partial charge is 0.379 e. The number of nitrogens with zero attached hydrogens (tertiary/aromatic N) is 2. The molecular weight excluding hydrogens is 794 g/mol. The number of amides is 4. The first-order chi connectivity index (χ1) is 24.5. The Bertz CT molecular complexity index is 1500. The fourth-order valence-corrected chi connectivity index (χ4v) is 7.12. The monoisotopic (exact) mass is 846 g/mol. The molecule has 2 aromatic carbocycles. The van der Waals surface area contributed by atoms with E-state index in [1.165, 1.54) is 4.90 Å². The number of halogens is 4. The molecule has 14 nitrogen and oxygen atoms in total. The van der Waals surface area contributed by atoms with Crippen LogP contribution >= 0.6 is 48.0 Å². The van der Waals surface area contributed by atoms with Crippen molar-refractivity contribution in [2.24, 2.45) is 5.73 Å². The first kappa shape index (κ1) is 48.9. The molecule has 3 rings (SSSR count). The molecule has 0 spiro atoms. The van der Waals surface area contributed by atoms with E-state index < -0.39 is 16.1 Å². The number of sulfonamides is 1. The number of nitrogens with two attached hydrogens (primary N) is 1. The normalized spacial score (nSPS) is 14.1. The van der Waals surface area contributed by atoms with Gasteiger partial charge in [0.05, 0.1) is 51.1 Å². The van der Waals surface area contributed by atoms with E-state index in [2.05, 4.69) is 20.3 Å². The summed E-state index contributed by atoms with van der Waals surface area (Å²) in [6.45, 7) is 7.99. The van der Waals surface area contributed by atoms with Crippen LogP contribution in [0.1, 0.15) is 42.4 Å². The summed E-state index contributed by atoms with van der Waals surface area (Å²) in [6, 6.07) is 9.72. The van der Waals surface area contributed by atoms with Gasteiger partial charge in [-0.15, -0.1) is 24.8 Å². The summed E-state index contributed by atoms with van der Waals surface area (Å²) >= 11 is 12.8. The summed E-state index contributed by atoms with van der Waals surface area (Å²) < 4.78 is 50.4. The molecular formula is C34H54Cl4N6O8S. The molecule has 0 unspecified atom stereocenters. The van der Waals surface area contributed by atoms with E-state index in [4.69, 9.17) is 47.9 Å². The van der Waals surface area contributed by atoms with E-state index in [1.807, 2.05) is 26.1 Å². The van der Waals surface area contributed by atoms with Crippen LogP contribution in [0.5, 0.6) is 0 Å².